The van der Waals surface area contributed by atoms with Gasteiger partial charge in [-0.1, -0.05) is 54.6 Å². The Labute approximate surface area is 278 Å². The summed E-state index contributed by atoms with van der Waals surface area (Å²) in [7, 11) is 0. The predicted molar refractivity (Wildman–Crippen MR) is 182 cm³/mol. The summed E-state index contributed by atoms with van der Waals surface area (Å²) in [5, 5.41) is 8.71. The van der Waals surface area contributed by atoms with Crippen LogP contribution in [0.3, 0.4) is 0 Å². The molecular formula is C37H48N6O4. The highest BCUT2D eigenvalue weighted by Gasteiger charge is 2.47. The molecule has 1 aromatic heterocycles. The Balaban J connectivity index is 0.824. The summed E-state index contributed by atoms with van der Waals surface area (Å²) < 4.78 is 18.4. The number of nitrogens with two attached hydrogens (primary N) is 1. The van der Waals surface area contributed by atoms with Crippen LogP contribution in [0.4, 0.5) is 16.3 Å². The molecule has 3 aliphatic heterocycles. The molecule has 1 amide bonds. The molecule has 3 aromatic rings. The number of amides is 1. The van der Waals surface area contributed by atoms with Gasteiger partial charge in [0, 0.05) is 51.4 Å². The van der Waals surface area contributed by atoms with E-state index < -0.39 is 0 Å². The summed E-state index contributed by atoms with van der Waals surface area (Å²) in [4.78, 5) is 19.3. The first-order chi connectivity index (χ1) is 22.9. The second-order valence-corrected chi connectivity index (χ2v) is 14.0. The van der Waals surface area contributed by atoms with Crippen molar-refractivity contribution in [1.29, 1.82) is 0 Å². The van der Waals surface area contributed by atoms with E-state index in [-0.39, 0.29) is 11.7 Å². The van der Waals surface area contributed by atoms with Gasteiger partial charge < -0.3 is 29.7 Å². The number of carbonyl (C=O) groups excluding carboxylic acids is 1. The minimum absolute atomic E-state index is 0.125. The third-order valence-electron chi connectivity index (χ3n) is 10.9. The highest BCUT2D eigenvalue weighted by atomic mass is 16.6. The second kappa shape index (κ2) is 13.8. The first kappa shape index (κ1) is 31.8. The Kier molecular flexibility index (Phi) is 9.34. The van der Waals surface area contributed by atoms with Crippen LogP contribution in [0.5, 0.6) is 0 Å². The van der Waals surface area contributed by atoms with Crippen molar-refractivity contribution in [2.45, 2.75) is 63.8 Å². The lowest BCUT2D eigenvalue weighted by molar-refractivity contribution is -0.134. The molecule has 4 aliphatic rings. The summed E-state index contributed by atoms with van der Waals surface area (Å²) in [5.74, 6) is 0.478. The van der Waals surface area contributed by atoms with E-state index in [1.54, 1.807) is 0 Å². The number of nitrogens with zero attached hydrogens (tertiary/aromatic N) is 5. The summed E-state index contributed by atoms with van der Waals surface area (Å²) in [5.41, 5.74) is 11.6. The fraction of sp³-hybridized carbons (Fsp3) is 0.541. The first-order valence-corrected chi connectivity index (χ1v) is 17.3. The molecule has 0 bridgehead atoms. The van der Waals surface area contributed by atoms with E-state index in [4.69, 9.17) is 19.9 Å². The van der Waals surface area contributed by atoms with Gasteiger partial charge in [-0.3, -0.25) is 4.90 Å². The molecule has 0 unspecified atom stereocenters. The number of aromatic nitrogens is 2. The molecule has 3 saturated heterocycles. The summed E-state index contributed by atoms with van der Waals surface area (Å²) >= 11 is 0. The maximum absolute atomic E-state index is 12.6. The third-order valence-corrected chi connectivity index (χ3v) is 10.9. The smallest absolute Gasteiger partial charge is 0.410 e. The quantitative estimate of drug-likeness (QED) is 0.351. The Hall–Kier alpha value is -3.73. The third kappa shape index (κ3) is 7.24. The van der Waals surface area contributed by atoms with Gasteiger partial charge >= 0.3 is 6.09 Å². The first-order valence-electron chi connectivity index (χ1n) is 17.3. The number of anilines is 2. The second-order valence-electron chi connectivity index (χ2n) is 14.0. The lowest BCUT2D eigenvalue weighted by Crippen LogP contribution is -2.57. The number of morpholine rings is 1. The van der Waals surface area contributed by atoms with Crippen molar-refractivity contribution >= 4 is 17.6 Å². The molecule has 1 aliphatic carbocycles. The highest BCUT2D eigenvalue weighted by Crippen LogP contribution is 2.50. The van der Waals surface area contributed by atoms with Crippen molar-refractivity contribution in [3.8, 4) is 11.3 Å². The Morgan fingerprint density at radius 3 is 2.47 bits per heavy atom. The van der Waals surface area contributed by atoms with Crippen LogP contribution >= 0.6 is 0 Å². The lowest BCUT2D eigenvalue weighted by Gasteiger charge is -2.52. The van der Waals surface area contributed by atoms with Crippen molar-refractivity contribution in [3.63, 3.8) is 0 Å². The average molecular weight is 641 g/mol. The number of hydrogen-bond acceptors (Lipinski definition) is 9. The van der Waals surface area contributed by atoms with Crippen molar-refractivity contribution in [1.82, 2.24) is 20.0 Å². The number of piperidine rings is 2. The molecular weight excluding hydrogens is 592 g/mol. The van der Waals surface area contributed by atoms with Crippen molar-refractivity contribution in [3.05, 3.63) is 71.8 Å². The van der Waals surface area contributed by atoms with E-state index in [0.717, 1.165) is 120 Å². The van der Waals surface area contributed by atoms with Crippen LogP contribution < -0.4 is 10.6 Å². The molecule has 4 fully saturated rings. The van der Waals surface area contributed by atoms with Gasteiger partial charge in [0.1, 0.15) is 6.61 Å². The van der Waals surface area contributed by atoms with E-state index >= 15 is 0 Å². The number of aryl methyl sites for hydroxylation is 1. The minimum Gasteiger partial charge on any atom is -0.445 e. The van der Waals surface area contributed by atoms with E-state index in [1.807, 2.05) is 47.4 Å². The topological polar surface area (TPSA) is 106 Å². The van der Waals surface area contributed by atoms with Crippen LogP contribution in [-0.2, 0) is 20.8 Å². The highest BCUT2D eigenvalue weighted by molar-refractivity contribution is 5.72. The van der Waals surface area contributed by atoms with Gasteiger partial charge in [0.25, 0.3) is 0 Å². The number of nitrogen functional groups attached to an aromatic ring is 1. The number of benzene rings is 2. The van der Waals surface area contributed by atoms with Crippen molar-refractivity contribution < 1.29 is 19.0 Å². The Morgan fingerprint density at radius 2 is 1.70 bits per heavy atom. The largest absolute Gasteiger partial charge is 0.445 e. The molecule has 2 spiro atoms. The number of ether oxygens (including phenoxy) is 3. The van der Waals surface area contributed by atoms with Crippen LogP contribution in [0.2, 0.25) is 0 Å². The standard InChI is InChI=1S/C37H48N6O4/c1-28-7-5-6-10-31(28)32-23-33(34(38)40-39-32)42-17-13-37(14-18-42)27-41(20-22-47-37)19-21-45-30-24-36(25-30)11-15-43(16-12-36)35(44)46-26-29-8-3-2-4-9-29/h2-10,23,30H,11-22,24-27H2,1H3,(H2,38,40). The molecule has 2 aromatic carbocycles. The maximum atomic E-state index is 12.6. The van der Waals surface area contributed by atoms with Gasteiger partial charge in [0.05, 0.1) is 36.3 Å². The van der Waals surface area contributed by atoms with Crippen LogP contribution in [0.15, 0.2) is 60.7 Å². The Bertz CT molecular complexity index is 1510. The molecule has 4 heterocycles. The van der Waals surface area contributed by atoms with Gasteiger partial charge in [-0.25, -0.2) is 4.79 Å². The summed E-state index contributed by atoms with van der Waals surface area (Å²) in [6.45, 7) is 10.0. The van der Waals surface area contributed by atoms with Gasteiger partial charge in [0.2, 0.25) is 0 Å². The monoisotopic (exact) mass is 640 g/mol. The number of hydrogen-bond donors (Lipinski definition) is 1. The molecule has 2 N–H and O–H groups in total. The van der Waals surface area contributed by atoms with E-state index in [2.05, 4.69) is 45.1 Å². The summed E-state index contributed by atoms with van der Waals surface area (Å²) in [6, 6.07) is 20.2. The predicted octanol–water partition coefficient (Wildman–Crippen LogP) is 5.30. The van der Waals surface area contributed by atoms with E-state index in [9.17, 15) is 4.79 Å². The van der Waals surface area contributed by atoms with Crippen molar-refractivity contribution in [2.24, 2.45) is 5.41 Å². The molecule has 1 saturated carbocycles. The average Bonchev–Trinajstić information content (AvgIpc) is 3.08. The maximum Gasteiger partial charge on any atom is 0.410 e. The number of likely N-dealkylation sites (tertiary alicyclic amines) is 1. The Morgan fingerprint density at radius 1 is 0.957 bits per heavy atom. The molecule has 0 radical (unpaired) electrons. The zero-order chi connectivity index (χ0) is 32.3. The molecule has 47 heavy (non-hydrogen) atoms. The number of carbonyl (C=O) groups is 1. The number of rotatable bonds is 8. The fourth-order valence-corrected chi connectivity index (χ4v) is 7.96. The molecule has 10 heteroatoms. The molecule has 250 valence electrons. The minimum atomic E-state index is -0.199. The fourth-order valence-electron chi connectivity index (χ4n) is 7.96. The molecule has 7 rings (SSSR count). The molecule has 0 atom stereocenters. The van der Waals surface area contributed by atoms with Crippen LogP contribution in [0, 0.1) is 12.3 Å². The van der Waals surface area contributed by atoms with E-state index in [1.165, 1.54) is 5.56 Å². The summed E-state index contributed by atoms with van der Waals surface area (Å²) in [6.07, 6.45) is 6.30. The van der Waals surface area contributed by atoms with Gasteiger partial charge in [-0.2, -0.15) is 0 Å². The van der Waals surface area contributed by atoms with Crippen LogP contribution in [-0.4, -0.2) is 96.8 Å². The van der Waals surface area contributed by atoms with Gasteiger partial charge in [-0.15, -0.1) is 10.2 Å². The van der Waals surface area contributed by atoms with Crippen molar-refractivity contribution in [2.75, 3.05) is 69.7 Å². The normalized spacial score (nSPS) is 21.1. The molecule has 10 nitrogen and oxygen atoms in total. The van der Waals surface area contributed by atoms with Gasteiger partial charge in [0.15, 0.2) is 5.82 Å². The lowest BCUT2D eigenvalue weighted by atomic mass is 9.61. The zero-order valence-corrected chi connectivity index (χ0v) is 27.6. The van der Waals surface area contributed by atoms with Crippen LogP contribution in [0.25, 0.3) is 11.3 Å². The van der Waals surface area contributed by atoms with Gasteiger partial charge in [-0.05, 0) is 68.1 Å². The van der Waals surface area contributed by atoms with Crippen LogP contribution in [0.1, 0.15) is 49.7 Å². The SMILES string of the molecule is Cc1ccccc1-c1cc(N2CCC3(CC2)CN(CCOC2CC4(CCN(C(=O)OCc5ccccc5)CC4)C2)CCO3)c(N)nn1. The zero-order valence-electron chi connectivity index (χ0n) is 27.6. The van der Waals surface area contributed by atoms with E-state index in [0.29, 0.717) is 23.9 Å².